The first-order valence-corrected chi connectivity index (χ1v) is 5.45. The molecule has 1 aliphatic rings. The number of aliphatic hydroxyl groups excluding tert-OH is 1. The van der Waals surface area contributed by atoms with E-state index in [9.17, 15) is 4.79 Å². The molecule has 0 aliphatic heterocycles. The molecule has 1 fully saturated rings. The van der Waals surface area contributed by atoms with Crippen LogP contribution in [0.3, 0.4) is 0 Å². The van der Waals surface area contributed by atoms with Crippen molar-refractivity contribution in [2.75, 3.05) is 19.7 Å². The summed E-state index contributed by atoms with van der Waals surface area (Å²) >= 11 is 0. The maximum absolute atomic E-state index is 11.6. The SMILES string of the molecule is CCNC(=O)N(CCO)C1CCCC1. The van der Waals surface area contributed by atoms with E-state index in [1.807, 2.05) is 6.92 Å². The summed E-state index contributed by atoms with van der Waals surface area (Å²) in [4.78, 5) is 13.4. The average molecular weight is 200 g/mol. The van der Waals surface area contributed by atoms with Crippen molar-refractivity contribution in [1.82, 2.24) is 10.2 Å². The van der Waals surface area contributed by atoms with Crippen LogP contribution in [0.15, 0.2) is 0 Å². The van der Waals surface area contributed by atoms with E-state index >= 15 is 0 Å². The van der Waals surface area contributed by atoms with Crippen LogP contribution in [0.1, 0.15) is 32.6 Å². The number of carbonyl (C=O) groups excluding carboxylic acids is 1. The average Bonchev–Trinajstić information content (AvgIpc) is 2.67. The first kappa shape index (κ1) is 11.3. The highest BCUT2D eigenvalue weighted by atomic mass is 16.3. The second-order valence-electron chi connectivity index (χ2n) is 3.69. The van der Waals surface area contributed by atoms with Crippen LogP contribution in [0, 0.1) is 0 Å². The van der Waals surface area contributed by atoms with Crippen LogP contribution in [0.5, 0.6) is 0 Å². The number of rotatable bonds is 4. The molecule has 0 aromatic rings. The number of hydrogen-bond acceptors (Lipinski definition) is 2. The van der Waals surface area contributed by atoms with Crippen LogP contribution < -0.4 is 5.32 Å². The fourth-order valence-electron chi connectivity index (χ4n) is 2.03. The van der Waals surface area contributed by atoms with Crippen molar-refractivity contribution in [2.24, 2.45) is 0 Å². The summed E-state index contributed by atoms with van der Waals surface area (Å²) in [6.45, 7) is 3.06. The van der Waals surface area contributed by atoms with Gasteiger partial charge in [-0.3, -0.25) is 0 Å². The predicted octanol–water partition coefficient (Wildman–Crippen LogP) is 0.953. The van der Waals surface area contributed by atoms with Gasteiger partial charge in [-0.1, -0.05) is 12.8 Å². The summed E-state index contributed by atoms with van der Waals surface area (Å²) in [6.07, 6.45) is 4.56. The van der Waals surface area contributed by atoms with E-state index < -0.39 is 0 Å². The highest BCUT2D eigenvalue weighted by Gasteiger charge is 2.25. The van der Waals surface area contributed by atoms with Crippen molar-refractivity contribution in [1.29, 1.82) is 0 Å². The Morgan fingerprint density at radius 2 is 2.14 bits per heavy atom. The smallest absolute Gasteiger partial charge is 0.317 e. The highest BCUT2D eigenvalue weighted by Crippen LogP contribution is 2.23. The van der Waals surface area contributed by atoms with Gasteiger partial charge in [0.15, 0.2) is 0 Å². The molecule has 82 valence electrons. The molecule has 0 saturated heterocycles. The third-order valence-electron chi connectivity index (χ3n) is 2.70. The zero-order valence-corrected chi connectivity index (χ0v) is 8.83. The lowest BCUT2D eigenvalue weighted by molar-refractivity contribution is 0.153. The number of carbonyl (C=O) groups is 1. The van der Waals surface area contributed by atoms with Crippen LogP contribution in [0.25, 0.3) is 0 Å². The minimum absolute atomic E-state index is 0.0338. The summed E-state index contributed by atoms with van der Waals surface area (Å²) in [7, 11) is 0. The fourth-order valence-corrected chi connectivity index (χ4v) is 2.03. The van der Waals surface area contributed by atoms with E-state index in [1.165, 1.54) is 12.8 Å². The Hall–Kier alpha value is -0.770. The minimum Gasteiger partial charge on any atom is -0.395 e. The van der Waals surface area contributed by atoms with Gasteiger partial charge < -0.3 is 15.3 Å². The van der Waals surface area contributed by atoms with Crippen molar-refractivity contribution < 1.29 is 9.90 Å². The Kier molecular flexibility index (Phi) is 4.73. The van der Waals surface area contributed by atoms with Crippen LogP contribution in [-0.4, -0.2) is 41.8 Å². The summed E-state index contributed by atoms with van der Waals surface area (Å²) < 4.78 is 0. The first-order chi connectivity index (χ1) is 6.79. The van der Waals surface area contributed by atoms with E-state index in [0.29, 0.717) is 19.1 Å². The lowest BCUT2D eigenvalue weighted by Crippen LogP contribution is -2.46. The summed E-state index contributed by atoms with van der Waals surface area (Å²) in [5, 5.41) is 11.7. The summed E-state index contributed by atoms with van der Waals surface area (Å²) in [5.41, 5.74) is 0. The molecule has 0 radical (unpaired) electrons. The van der Waals surface area contributed by atoms with E-state index in [2.05, 4.69) is 5.32 Å². The minimum atomic E-state index is -0.0338. The number of amides is 2. The molecule has 1 saturated carbocycles. The standard InChI is InChI=1S/C10H20N2O2/c1-2-11-10(14)12(7-8-13)9-5-3-4-6-9/h9,13H,2-8H2,1H3,(H,11,14). The molecule has 4 heteroatoms. The van der Waals surface area contributed by atoms with E-state index in [-0.39, 0.29) is 12.6 Å². The Balaban J connectivity index is 2.48. The van der Waals surface area contributed by atoms with Crippen molar-refractivity contribution >= 4 is 6.03 Å². The topological polar surface area (TPSA) is 52.6 Å². The van der Waals surface area contributed by atoms with Crippen LogP contribution in [0.2, 0.25) is 0 Å². The molecule has 2 N–H and O–H groups in total. The molecule has 0 bridgehead atoms. The van der Waals surface area contributed by atoms with E-state index in [4.69, 9.17) is 5.11 Å². The molecule has 2 amide bonds. The quantitative estimate of drug-likeness (QED) is 0.710. The number of hydrogen-bond donors (Lipinski definition) is 2. The van der Waals surface area contributed by atoms with Crippen LogP contribution in [-0.2, 0) is 0 Å². The molecule has 0 atom stereocenters. The second-order valence-corrected chi connectivity index (χ2v) is 3.69. The number of nitrogens with zero attached hydrogens (tertiary/aromatic N) is 1. The Morgan fingerprint density at radius 1 is 1.50 bits per heavy atom. The van der Waals surface area contributed by atoms with Gasteiger partial charge in [0, 0.05) is 19.1 Å². The number of nitrogens with one attached hydrogen (secondary N) is 1. The Morgan fingerprint density at radius 3 is 2.64 bits per heavy atom. The van der Waals surface area contributed by atoms with Crippen LogP contribution >= 0.6 is 0 Å². The van der Waals surface area contributed by atoms with Gasteiger partial charge in [0.1, 0.15) is 0 Å². The molecule has 0 heterocycles. The summed E-state index contributed by atoms with van der Waals surface area (Å²) in [6, 6.07) is 0.308. The van der Waals surface area contributed by atoms with E-state index in [1.54, 1.807) is 4.90 Å². The normalized spacial score (nSPS) is 17.0. The maximum Gasteiger partial charge on any atom is 0.317 e. The first-order valence-electron chi connectivity index (χ1n) is 5.45. The Labute approximate surface area is 85.3 Å². The van der Waals surface area contributed by atoms with Crippen molar-refractivity contribution in [2.45, 2.75) is 38.6 Å². The molecule has 0 aromatic heterocycles. The molecular weight excluding hydrogens is 180 g/mol. The van der Waals surface area contributed by atoms with Gasteiger partial charge >= 0.3 is 6.03 Å². The van der Waals surface area contributed by atoms with Gasteiger partial charge in [0.2, 0.25) is 0 Å². The van der Waals surface area contributed by atoms with Crippen molar-refractivity contribution in [3.63, 3.8) is 0 Å². The molecule has 0 spiro atoms. The van der Waals surface area contributed by atoms with Gasteiger partial charge in [0.25, 0.3) is 0 Å². The molecule has 4 nitrogen and oxygen atoms in total. The van der Waals surface area contributed by atoms with Gasteiger partial charge in [-0.25, -0.2) is 4.79 Å². The number of urea groups is 1. The highest BCUT2D eigenvalue weighted by molar-refractivity contribution is 5.74. The lowest BCUT2D eigenvalue weighted by atomic mass is 10.2. The Bertz CT molecular complexity index is 179. The van der Waals surface area contributed by atoms with Crippen molar-refractivity contribution in [3.05, 3.63) is 0 Å². The molecule has 0 unspecified atom stereocenters. The largest absolute Gasteiger partial charge is 0.395 e. The molecule has 14 heavy (non-hydrogen) atoms. The van der Waals surface area contributed by atoms with Gasteiger partial charge in [-0.05, 0) is 19.8 Å². The summed E-state index contributed by atoms with van der Waals surface area (Å²) in [5.74, 6) is 0. The van der Waals surface area contributed by atoms with Crippen LogP contribution in [0.4, 0.5) is 4.79 Å². The zero-order valence-electron chi connectivity index (χ0n) is 8.83. The predicted molar refractivity (Wildman–Crippen MR) is 55.1 cm³/mol. The fraction of sp³-hybridized carbons (Fsp3) is 0.900. The molecular formula is C10H20N2O2. The third kappa shape index (κ3) is 2.87. The van der Waals surface area contributed by atoms with E-state index in [0.717, 1.165) is 12.8 Å². The number of aliphatic hydroxyl groups is 1. The maximum atomic E-state index is 11.6. The molecule has 0 aromatic carbocycles. The van der Waals surface area contributed by atoms with Crippen molar-refractivity contribution in [3.8, 4) is 0 Å². The second kappa shape index (κ2) is 5.86. The molecule has 1 aliphatic carbocycles. The van der Waals surface area contributed by atoms with Gasteiger partial charge in [-0.2, -0.15) is 0 Å². The van der Waals surface area contributed by atoms with Gasteiger partial charge in [0.05, 0.1) is 6.61 Å². The monoisotopic (exact) mass is 200 g/mol. The zero-order chi connectivity index (χ0) is 10.4. The lowest BCUT2D eigenvalue weighted by Gasteiger charge is -2.28. The third-order valence-corrected chi connectivity index (χ3v) is 2.70. The van der Waals surface area contributed by atoms with Gasteiger partial charge in [-0.15, -0.1) is 0 Å². The molecule has 1 rings (SSSR count).